The largest absolute Gasteiger partial charge is 0.507 e. The van der Waals surface area contributed by atoms with E-state index in [1.165, 1.54) is 21.3 Å². The van der Waals surface area contributed by atoms with Gasteiger partial charge in [-0.2, -0.15) is 0 Å². The molecule has 2 N–H and O–H groups in total. The van der Waals surface area contributed by atoms with Crippen LogP contribution in [0.15, 0.2) is 77.5 Å². The van der Waals surface area contributed by atoms with Gasteiger partial charge in [-0.3, -0.25) is 15.1 Å². The molecule has 230 valence electrons. The first-order valence-corrected chi connectivity index (χ1v) is 14.2. The van der Waals surface area contributed by atoms with Crippen molar-refractivity contribution >= 4 is 23.1 Å². The second-order valence-corrected chi connectivity index (χ2v) is 11.5. The van der Waals surface area contributed by atoms with Crippen molar-refractivity contribution in [1.29, 1.82) is 5.41 Å². The maximum absolute atomic E-state index is 14.3. The summed E-state index contributed by atoms with van der Waals surface area (Å²) < 4.78 is 28.2. The Kier molecular flexibility index (Phi) is 8.32. The third-order valence-corrected chi connectivity index (χ3v) is 8.17. The van der Waals surface area contributed by atoms with E-state index in [4.69, 9.17) is 23.7 Å². The van der Waals surface area contributed by atoms with Gasteiger partial charge in [0.2, 0.25) is 5.75 Å². The number of aliphatic hydroxyl groups excluding tert-OH is 1. The van der Waals surface area contributed by atoms with E-state index in [0.717, 1.165) is 0 Å². The van der Waals surface area contributed by atoms with Gasteiger partial charge >= 0.3 is 0 Å². The highest BCUT2D eigenvalue weighted by Crippen LogP contribution is 2.54. The molecule has 5 rings (SSSR count). The van der Waals surface area contributed by atoms with Crippen molar-refractivity contribution < 1.29 is 33.6 Å². The smallest absolute Gasteiger partial charge is 0.203 e. The predicted molar refractivity (Wildman–Crippen MR) is 170 cm³/mol. The number of carbonyl (C=O) groups excluding carboxylic acids is 1. The molecule has 0 saturated carbocycles. The highest BCUT2D eigenvalue weighted by molar-refractivity contribution is 6.20. The first kappa shape index (κ1) is 30.5. The number of aliphatic hydroxyl groups is 1. The Labute approximate surface area is 257 Å². The van der Waals surface area contributed by atoms with Crippen molar-refractivity contribution in [1.82, 2.24) is 0 Å². The third kappa shape index (κ3) is 5.23. The number of allylic oxidation sites excluding steroid dienone is 2. The molecule has 1 aliphatic heterocycles. The minimum Gasteiger partial charge on any atom is -0.507 e. The van der Waals surface area contributed by atoms with E-state index in [9.17, 15) is 15.3 Å². The zero-order valence-corrected chi connectivity index (χ0v) is 26.1. The van der Waals surface area contributed by atoms with Crippen molar-refractivity contribution in [3.63, 3.8) is 0 Å². The Morgan fingerprint density at radius 1 is 0.841 bits per heavy atom. The van der Waals surface area contributed by atoms with Crippen LogP contribution in [0, 0.1) is 10.8 Å². The summed E-state index contributed by atoms with van der Waals surface area (Å²) in [6.07, 6.45) is 0.791. The lowest BCUT2D eigenvalue weighted by Gasteiger charge is -2.45. The number of ether oxygens (including phenoxy) is 5. The second-order valence-electron chi connectivity index (χ2n) is 11.5. The fourth-order valence-electron chi connectivity index (χ4n) is 6.20. The normalized spacial score (nSPS) is 18.9. The molecule has 1 unspecified atom stereocenters. The number of Topliss-reactive ketones (excluding diaryl/α,β-unsaturated/α-hetero) is 1. The maximum Gasteiger partial charge on any atom is 0.203 e. The number of anilines is 1. The molecule has 9 nitrogen and oxygen atoms in total. The standard InChI is InChI=1S/C35H38N2O7/c1-35(2)18-24-30(25(38)19-35)29(21-15-27(42-5)33(44-7)28(16-21)43-6)31(32(39)20-11-9-8-10-12-20)34(36)37(24)23-17-22(40-3)13-14-26(23)41-4/h8-17,29,36,39H,18-19H2,1-7H3/b32-31+,36-34?. The van der Waals surface area contributed by atoms with Crippen molar-refractivity contribution in [2.24, 2.45) is 5.41 Å². The molecule has 1 aliphatic carbocycles. The molecule has 1 atom stereocenters. The number of amidine groups is 1. The van der Waals surface area contributed by atoms with Gasteiger partial charge in [-0.05, 0) is 41.7 Å². The first-order valence-electron chi connectivity index (χ1n) is 14.2. The lowest BCUT2D eigenvalue weighted by Crippen LogP contribution is -2.45. The fourth-order valence-corrected chi connectivity index (χ4v) is 6.20. The van der Waals surface area contributed by atoms with Crippen LogP contribution in [0.2, 0.25) is 0 Å². The molecular formula is C35H38N2O7. The van der Waals surface area contributed by atoms with Crippen LogP contribution in [0.4, 0.5) is 5.69 Å². The summed E-state index contributed by atoms with van der Waals surface area (Å²) in [5, 5.41) is 21.8. The Balaban J connectivity index is 1.92. The summed E-state index contributed by atoms with van der Waals surface area (Å²) >= 11 is 0. The number of nitrogens with zero attached hydrogens (tertiary/aromatic N) is 1. The number of carbonyl (C=O) groups is 1. The van der Waals surface area contributed by atoms with Crippen molar-refractivity contribution in [2.75, 3.05) is 40.4 Å². The van der Waals surface area contributed by atoms with Gasteiger partial charge in [0.15, 0.2) is 17.3 Å². The summed E-state index contributed by atoms with van der Waals surface area (Å²) in [6, 6.07) is 17.9. The Morgan fingerprint density at radius 2 is 1.48 bits per heavy atom. The third-order valence-electron chi connectivity index (χ3n) is 8.17. The van der Waals surface area contributed by atoms with Crippen LogP contribution in [0.25, 0.3) is 5.76 Å². The maximum atomic E-state index is 14.3. The summed E-state index contributed by atoms with van der Waals surface area (Å²) in [5.41, 5.74) is 2.65. The minimum absolute atomic E-state index is 0.000841. The molecule has 3 aromatic rings. The molecule has 0 bridgehead atoms. The van der Waals surface area contributed by atoms with Gasteiger partial charge in [0.1, 0.15) is 23.1 Å². The van der Waals surface area contributed by atoms with E-state index in [2.05, 4.69) is 0 Å². The zero-order chi connectivity index (χ0) is 31.8. The molecule has 9 heteroatoms. The Bertz CT molecular complexity index is 1650. The molecule has 44 heavy (non-hydrogen) atoms. The molecule has 3 aromatic carbocycles. The number of ketones is 1. The van der Waals surface area contributed by atoms with Crippen LogP contribution in [0.1, 0.15) is 43.7 Å². The molecule has 0 radical (unpaired) electrons. The van der Waals surface area contributed by atoms with Gasteiger partial charge in [0, 0.05) is 40.8 Å². The number of hydrogen-bond acceptors (Lipinski definition) is 8. The molecule has 0 spiro atoms. The predicted octanol–water partition coefficient (Wildman–Crippen LogP) is 6.92. The minimum atomic E-state index is -0.817. The van der Waals surface area contributed by atoms with E-state index in [1.807, 2.05) is 32.0 Å². The summed E-state index contributed by atoms with van der Waals surface area (Å²) in [4.78, 5) is 16.0. The number of rotatable bonds is 8. The van der Waals surface area contributed by atoms with E-state index < -0.39 is 5.92 Å². The molecule has 1 heterocycles. The highest BCUT2D eigenvalue weighted by Gasteiger charge is 2.47. The number of nitrogens with one attached hydrogen (secondary N) is 1. The van der Waals surface area contributed by atoms with Gasteiger partial charge < -0.3 is 28.8 Å². The SMILES string of the molecule is COc1ccc(OC)c(N2C(=N)/C(=C(/O)c3ccccc3)C(c3cc(OC)c(OC)c(OC)c3)C3=C2CC(C)(C)CC3=O)c1. The average Bonchev–Trinajstić information content (AvgIpc) is 3.02. The van der Waals surface area contributed by atoms with Crippen molar-refractivity contribution in [3.05, 3.63) is 88.6 Å². The molecular weight excluding hydrogens is 560 g/mol. The van der Waals surface area contributed by atoms with Crippen molar-refractivity contribution in [3.8, 4) is 28.7 Å². The van der Waals surface area contributed by atoms with Crippen LogP contribution in [0.5, 0.6) is 28.7 Å². The number of benzene rings is 3. The molecule has 0 aromatic heterocycles. The van der Waals surface area contributed by atoms with Gasteiger partial charge in [-0.1, -0.05) is 44.2 Å². The van der Waals surface area contributed by atoms with Crippen LogP contribution < -0.4 is 28.6 Å². The van der Waals surface area contributed by atoms with Crippen LogP contribution in [-0.2, 0) is 4.79 Å². The monoisotopic (exact) mass is 598 g/mol. The van der Waals surface area contributed by atoms with Gasteiger partial charge in [0.25, 0.3) is 0 Å². The van der Waals surface area contributed by atoms with E-state index in [0.29, 0.717) is 69.7 Å². The van der Waals surface area contributed by atoms with Gasteiger partial charge in [0.05, 0.1) is 41.2 Å². The molecule has 0 fully saturated rings. The van der Waals surface area contributed by atoms with Gasteiger partial charge in [-0.15, -0.1) is 0 Å². The molecule has 0 saturated heterocycles. The summed E-state index contributed by atoms with van der Waals surface area (Å²) in [6.45, 7) is 4.08. The van der Waals surface area contributed by atoms with Crippen molar-refractivity contribution in [2.45, 2.75) is 32.6 Å². The Hall–Kier alpha value is -4.92. The second kappa shape index (κ2) is 12.0. The summed E-state index contributed by atoms with van der Waals surface area (Å²) in [7, 11) is 7.70. The number of methoxy groups -OCH3 is 5. The van der Waals surface area contributed by atoms with Crippen LogP contribution >= 0.6 is 0 Å². The van der Waals surface area contributed by atoms with Gasteiger partial charge in [-0.25, -0.2) is 0 Å². The zero-order valence-electron chi connectivity index (χ0n) is 26.1. The molecule has 0 amide bonds. The average molecular weight is 599 g/mol. The fraction of sp³-hybridized carbons (Fsp3) is 0.314. The molecule has 2 aliphatic rings. The highest BCUT2D eigenvalue weighted by atomic mass is 16.5. The quantitative estimate of drug-likeness (QED) is 0.269. The number of hydrogen-bond donors (Lipinski definition) is 2. The lowest BCUT2D eigenvalue weighted by molar-refractivity contribution is -0.118. The summed E-state index contributed by atoms with van der Waals surface area (Å²) in [5.74, 6) is 1.23. The lowest BCUT2D eigenvalue weighted by atomic mass is 9.67. The van der Waals surface area contributed by atoms with E-state index in [-0.39, 0.29) is 28.4 Å². The van der Waals surface area contributed by atoms with E-state index in [1.54, 1.807) is 61.6 Å². The van der Waals surface area contributed by atoms with Crippen LogP contribution in [-0.4, -0.2) is 52.3 Å². The van der Waals surface area contributed by atoms with E-state index >= 15 is 0 Å². The first-order chi connectivity index (χ1) is 21.1. The van der Waals surface area contributed by atoms with Crippen LogP contribution in [0.3, 0.4) is 0 Å². The topological polar surface area (TPSA) is 111 Å². The Morgan fingerprint density at radius 3 is 2.05 bits per heavy atom.